The summed E-state index contributed by atoms with van der Waals surface area (Å²) in [6.07, 6.45) is 2.88. The van der Waals surface area contributed by atoms with Crippen LogP contribution in [-0.4, -0.2) is 0 Å². The van der Waals surface area contributed by atoms with Crippen molar-refractivity contribution in [3.63, 3.8) is 0 Å². The highest BCUT2D eigenvalue weighted by atomic mass is 32.1. The van der Waals surface area contributed by atoms with Crippen molar-refractivity contribution in [1.82, 2.24) is 0 Å². The van der Waals surface area contributed by atoms with Gasteiger partial charge in [0, 0.05) is 10.6 Å². The van der Waals surface area contributed by atoms with Crippen molar-refractivity contribution in [3.05, 3.63) is 23.8 Å². The van der Waals surface area contributed by atoms with Crippen molar-refractivity contribution in [2.75, 3.05) is 5.73 Å². The smallest absolute Gasteiger partial charge is 0.0693 e. The van der Waals surface area contributed by atoms with Gasteiger partial charge in [-0.1, -0.05) is 6.07 Å². The fraction of sp³-hybridized carbons (Fsp3) is 0.364. The van der Waals surface area contributed by atoms with E-state index < -0.39 is 0 Å². The summed E-state index contributed by atoms with van der Waals surface area (Å²) < 4.78 is 0. The van der Waals surface area contributed by atoms with E-state index in [-0.39, 0.29) is 5.41 Å². The summed E-state index contributed by atoms with van der Waals surface area (Å²) >= 11 is 4.26. The second-order valence-electron chi connectivity index (χ2n) is 3.96. The monoisotopic (exact) mass is 204 g/mol. The standard InChI is InChI=1S/C11H12N2S/c12-7-11(3-4-11)6-8-1-2-9(13)10(14)5-8/h1-2,5,14H,3-4,6,13H2. The van der Waals surface area contributed by atoms with Crippen LogP contribution in [0.15, 0.2) is 23.1 Å². The Morgan fingerprint density at radius 3 is 2.71 bits per heavy atom. The first-order chi connectivity index (χ1) is 6.65. The van der Waals surface area contributed by atoms with E-state index in [9.17, 15) is 0 Å². The van der Waals surface area contributed by atoms with E-state index >= 15 is 0 Å². The van der Waals surface area contributed by atoms with Crippen LogP contribution in [0.1, 0.15) is 18.4 Å². The van der Waals surface area contributed by atoms with Crippen molar-refractivity contribution in [2.45, 2.75) is 24.2 Å². The van der Waals surface area contributed by atoms with E-state index in [4.69, 9.17) is 11.0 Å². The van der Waals surface area contributed by atoms with Crippen LogP contribution < -0.4 is 5.73 Å². The predicted octanol–water partition coefficient (Wildman–Crippen LogP) is 2.40. The average molecular weight is 204 g/mol. The molecule has 1 aromatic carbocycles. The van der Waals surface area contributed by atoms with Crippen LogP contribution >= 0.6 is 12.6 Å². The molecular weight excluding hydrogens is 192 g/mol. The molecule has 0 bridgehead atoms. The highest BCUT2D eigenvalue weighted by Gasteiger charge is 2.42. The number of nitrogens with two attached hydrogens (primary N) is 1. The molecule has 0 spiro atoms. The predicted molar refractivity (Wildman–Crippen MR) is 59.1 cm³/mol. The van der Waals surface area contributed by atoms with Gasteiger partial charge in [0.1, 0.15) is 0 Å². The summed E-state index contributed by atoms with van der Waals surface area (Å²) in [6.45, 7) is 0. The lowest BCUT2D eigenvalue weighted by Crippen LogP contribution is -2.01. The van der Waals surface area contributed by atoms with E-state index in [1.54, 1.807) is 0 Å². The van der Waals surface area contributed by atoms with Gasteiger partial charge >= 0.3 is 0 Å². The lowest BCUT2D eigenvalue weighted by molar-refractivity contribution is 0.664. The van der Waals surface area contributed by atoms with E-state index in [0.717, 1.165) is 29.7 Å². The SMILES string of the molecule is N#CC1(Cc2ccc(N)c(S)c2)CC1. The zero-order valence-corrected chi connectivity index (χ0v) is 8.72. The maximum atomic E-state index is 8.95. The van der Waals surface area contributed by atoms with E-state index in [1.165, 1.54) is 0 Å². The van der Waals surface area contributed by atoms with Crippen LogP contribution in [0.5, 0.6) is 0 Å². The molecule has 0 aliphatic heterocycles. The zero-order chi connectivity index (χ0) is 10.2. The molecule has 0 aromatic heterocycles. The average Bonchev–Trinajstić information content (AvgIpc) is 2.93. The molecule has 2 N–H and O–H groups in total. The van der Waals surface area contributed by atoms with Crippen LogP contribution in [0.2, 0.25) is 0 Å². The van der Waals surface area contributed by atoms with Gasteiger partial charge in [-0.3, -0.25) is 0 Å². The molecule has 14 heavy (non-hydrogen) atoms. The minimum atomic E-state index is -0.0870. The molecular formula is C11H12N2S. The Labute approximate surface area is 89.1 Å². The highest BCUT2D eigenvalue weighted by molar-refractivity contribution is 7.80. The Kier molecular flexibility index (Phi) is 2.16. The fourth-order valence-corrected chi connectivity index (χ4v) is 1.81. The van der Waals surface area contributed by atoms with Gasteiger partial charge in [-0.05, 0) is 37.0 Å². The Morgan fingerprint density at radius 2 is 2.21 bits per heavy atom. The molecule has 0 saturated heterocycles. The van der Waals surface area contributed by atoms with Gasteiger partial charge in [-0.15, -0.1) is 12.6 Å². The van der Waals surface area contributed by atoms with Crippen LogP contribution in [0.3, 0.4) is 0 Å². The summed E-state index contributed by atoms with van der Waals surface area (Å²) in [5.74, 6) is 0. The number of anilines is 1. The Morgan fingerprint density at radius 1 is 1.50 bits per heavy atom. The number of hydrogen-bond acceptors (Lipinski definition) is 3. The molecule has 2 nitrogen and oxygen atoms in total. The van der Waals surface area contributed by atoms with Gasteiger partial charge in [0.05, 0.1) is 11.5 Å². The molecule has 1 fully saturated rings. The molecule has 0 radical (unpaired) electrons. The molecule has 1 aromatic rings. The molecule has 72 valence electrons. The zero-order valence-electron chi connectivity index (χ0n) is 7.83. The van der Waals surface area contributed by atoms with Crippen molar-refractivity contribution in [2.24, 2.45) is 5.41 Å². The second-order valence-corrected chi connectivity index (χ2v) is 4.44. The summed E-state index contributed by atoms with van der Waals surface area (Å²) in [5, 5.41) is 8.95. The van der Waals surface area contributed by atoms with Crippen LogP contribution in [-0.2, 0) is 6.42 Å². The minimum Gasteiger partial charge on any atom is -0.398 e. The van der Waals surface area contributed by atoms with Gasteiger partial charge < -0.3 is 5.73 Å². The van der Waals surface area contributed by atoms with Crippen LogP contribution in [0.4, 0.5) is 5.69 Å². The molecule has 2 rings (SSSR count). The van der Waals surface area contributed by atoms with Crippen molar-refractivity contribution in [1.29, 1.82) is 5.26 Å². The van der Waals surface area contributed by atoms with Gasteiger partial charge in [-0.2, -0.15) is 5.26 Å². The van der Waals surface area contributed by atoms with Crippen LogP contribution in [0, 0.1) is 16.7 Å². The lowest BCUT2D eigenvalue weighted by Gasteiger charge is -2.07. The molecule has 1 aliphatic carbocycles. The Bertz CT molecular complexity index is 402. The van der Waals surface area contributed by atoms with Crippen molar-refractivity contribution >= 4 is 18.3 Å². The topological polar surface area (TPSA) is 49.8 Å². The summed E-state index contributed by atoms with van der Waals surface area (Å²) in [5.41, 5.74) is 7.42. The normalized spacial score (nSPS) is 17.4. The van der Waals surface area contributed by atoms with E-state index in [2.05, 4.69) is 18.7 Å². The number of hydrogen-bond donors (Lipinski definition) is 2. The Hall–Kier alpha value is -1.14. The number of thiol groups is 1. The molecule has 0 atom stereocenters. The largest absolute Gasteiger partial charge is 0.398 e. The maximum Gasteiger partial charge on any atom is 0.0693 e. The van der Waals surface area contributed by atoms with Gasteiger partial charge in [0.25, 0.3) is 0 Å². The number of benzene rings is 1. The number of rotatable bonds is 2. The molecule has 1 aliphatic rings. The molecule has 3 heteroatoms. The van der Waals surface area contributed by atoms with Crippen molar-refractivity contribution in [3.8, 4) is 6.07 Å². The quantitative estimate of drug-likeness (QED) is 0.574. The number of nitriles is 1. The first-order valence-corrected chi connectivity index (χ1v) is 5.09. The van der Waals surface area contributed by atoms with Gasteiger partial charge in [0.15, 0.2) is 0 Å². The lowest BCUT2D eigenvalue weighted by atomic mass is 9.98. The van der Waals surface area contributed by atoms with Gasteiger partial charge in [-0.25, -0.2) is 0 Å². The number of nitrogen functional groups attached to an aromatic ring is 1. The fourth-order valence-electron chi connectivity index (χ4n) is 1.57. The molecule has 0 heterocycles. The second kappa shape index (κ2) is 3.21. The third-order valence-electron chi connectivity index (χ3n) is 2.73. The van der Waals surface area contributed by atoms with Gasteiger partial charge in [0.2, 0.25) is 0 Å². The third-order valence-corrected chi connectivity index (χ3v) is 3.12. The van der Waals surface area contributed by atoms with E-state index in [0.29, 0.717) is 5.69 Å². The first-order valence-electron chi connectivity index (χ1n) is 4.64. The first kappa shape index (κ1) is 9.42. The highest BCUT2D eigenvalue weighted by Crippen LogP contribution is 2.47. The summed E-state index contributed by atoms with van der Waals surface area (Å²) in [6, 6.07) is 8.16. The van der Waals surface area contributed by atoms with Crippen molar-refractivity contribution < 1.29 is 0 Å². The third kappa shape index (κ3) is 1.71. The maximum absolute atomic E-state index is 8.95. The summed E-state index contributed by atoms with van der Waals surface area (Å²) in [4.78, 5) is 0.802. The molecule has 0 amide bonds. The minimum absolute atomic E-state index is 0.0870. The van der Waals surface area contributed by atoms with E-state index in [1.807, 2.05) is 18.2 Å². The molecule has 0 unspecified atom stereocenters. The number of nitrogens with zero attached hydrogens (tertiary/aromatic N) is 1. The summed E-state index contributed by atoms with van der Waals surface area (Å²) in [7, 11) is 0. The Balaban J connectivity index is 2.19. The molecule has 1 saturated carbocycles. The van der Waals surface area contributed by atoms with Crippen LogP contribution in [0.25, 0.3) is 0 Å².